The lowest BCUT2D eigenvalue weighted by atomic mass is 10.1. The highest BCUT2D eigenvalue weighted by atomic mass is 32.2. The molecule has 0 atom stereocenters. The number of hydrogen-bond donors (Lipinski definition) is 1. The Kier molecular flexibility index (Phi) is 7.76. The van der Waals surface area contributed by atoms with E-state index < -0.39 is 15.9 Å². The highest BCUT2D eigenvalue weighted by Gasteiger charge is 2.27. The van der Waals surface area contributed by atoms with E-state index in [0.717, 1.165) is 32.3 Å². The summed E-state index contributed by atoms with van der Waals surface area (Å²) in [5.41, 5.74) is 4.63. The van der Waals surface area contributed by atoms with E-state index >= 15 is 0 Å². The summed E-state index contributed by atoms with van der Waals surface area (Å²) in [4.78, 5) is 12.8. The zero-order valence-corrected chi connectivity index (χ0v) is 20.3. The highest BCUT2D eigenvalue weighted by Crippen LogP contribution is 2.25. The number of amides is 1. The number of carbonyl (C=O) groups is 1. The van der Waals surface area contributed by atoms with Gasteiger partial charge in [-0.25, -0.2) is 8.42 Å². The number of sulfonamides is 1. The molecule has 0 radical (unpaired) electrons. The number of nitrogens with one attached hydrogen (secondary N) is 1. The van der Waals surface area contributed by atoms with Gasteiger partial charge in [-0.05, 0) is 80.3 Å². The molecule has 0 unspecified atom stereocenters. The minimum atomic E-state index is -3.92. The number of nitrogens with zero attached hydrogens (tertiary/aromatic N) is 1. The third-order valence-electron chi connectivity index (χ3n) is 5.63. The normalized spacial score (nSPS) is 11.2. The number of benzene rings is 3. The molecule has 0 bridgehead atoms. The molecule has 0 heterocycles. The van der Waals surface area contributed by atoms with Gasteiger partial charge in [0.2, 0.25) is 5.91 Å². The molecule has 1 N–H and O–H groups in total. The van der Waals surface area contributed by atoms with Crippen molar-refractivity contribution < 1.29 is 17.9 Å². The van der Waals surface area contributed by atoms with Gasteiger partial charge >= 0.3 is 0 Å². The van der Waals surface area contributed by atoms with Crippen LogP contribution in [-0.4, -0.2) is 34.0 Å². The minimum absolute atomic E-state index is 0.134. The first kappa shape index (κ1) is 24.3. The van der Waals surface area contributed by atoms with Crippen molar-refractivity contribution in [2.24, 2.45) is 0 Å². The predicted octanol–water partition coefficient (Wildman–Crippen LogP) is 4.31. The van der Waals surface area contributed by atoms with E-state index in [-0.39, 0.29) is 24.6 Å². The van der Waals surface area contributed by atoms with Crippen LogP contribution in [0.15, 0.2) is 71.6 Å². The van der Waals surface area contributed by atoms with Crippen LogP contribution >= 0.6 is 0 Å². The molecule has 0 aliphatic rings. The second-order valence-corrected chi connectivity index (χ2v) is 9.85. The molecule has 0 aliphatic carbocycles. The number of ether oxygens (including phenoxy) is 1. The van der Waals surface area contributed by atoms with Gasteiger partial charge in [-0.3, -0.25) is 9.10 Å². The summed E-state index contributed by atoms with van der Waals surface area (Å²) in [6, 6.07) is 19.3. The van der Waals surface area contributed by atoms with E-state index in [1.54, 1.807) is 30.3 Å². The lowest BCUT2D eigenvalue weighted by molar-refractivity contribution is -0.119. The largest absolute Gasteiger partial charge is 0.491 e. The van der Waals surface area contributed by atoms with Crippen LogP contribution < -0.4 is 14.4 Å². The second kappa shape index (κ2) is 10.5. The summed E-state index contributed by atoms with van der Waals surface area (Å²) >= 11 is 0. The maximum absolute atomic E-state index is 13.4. The molecule has 0 aromatic heterocycles. The molecule has 3 rings (SSSR count). The van der Waals surface area contributed by atoms with Crippen molar-refractivity contribution in [2.75, 3.05) is 24.0 Å². The molecule has 3 aromatic rings. The van der Waals surface area contributed by atoms with E-state index in [9.17, 15) is 13.2 Å². The smallest absolute Gasteiger partial charge is 0.264 e. The van der Waals surface area contributed by atoms with Gasteiger partial charge < -0.3 is 10.1 Å². The van der Waals surface area contributed by atoms with Crippen LogP contribution in [0.3, 0.4) is 0 Å². The Morgan fingerprint density at radius 3 is 2.30 bits per heavy atom. The van der Waals surface area contributed by atoms with Gasteiger partial charge in [0.1, 0.15) is 18.9 Å². The average molecular weight is 467 g/mol. The summed E-state index contributed by atoms with van der Waals surface area (Å²) in [6.07, 6.45) is 0. The molecule has 174 valence electrons. The first-order chi connectivity index (χ1) is 15.7. The van der Waals surface area contributed by atoms with Crippen LogP contribution in [0.1, 0.15) is 22.3 Å². The van der Waals surface area contributed by atoms with Gasteiger partial charge in [-0.1, -0.05) is 36.4 Å². The zero-order valence-electron chi connectivity index (χ0n) is 19.5. The average Bonchev–Trinajstić information content (AvgIpc) is 2.80. The van der Waals surface area contributed by atoms with Crippen LogP contribution in [0.5, 0.6) is 5.75 Å². The number of carbonyl (C=O) groups excluding carboxylic acids is 1. The fourth-order valence-electron chi connectivity index (χ4n) is 3.33. The number of hydrogen-bond acceptors (Lipinski definition) is 4. The molecule has 0 aliphatic heterocycles. The molecular weight excluding hydrogens is 436 g/mol. The van der Waals surface area contributed by atoms with Gasteiger partial charge in [0.25, 0.3) is 10.0 Å². The first-order valence-corrected chi connectivity index (χ1v) is 12.2. The third kappa shape index (κ3) is 5.93. The van der Waals surface area contributed by atoms with Gasteiger partial charge in [0, 0.05) is 0 Å². The first-order valence-electron chi connectivity index (χ1n) is 10.8. The quantitative estimate of drug-likeness (QED) is 0.477. The van der Waals surface area contributed by atoms with Gasteiger partial charge in [-0.15, -0.1) is 0 Å². The van der Waals surface area contributed by atoms with Crippen LogP contribution in [0, 0.1) is 27.7 Å². The van der Waals surface area contributed by atoms with Crippen molar-refractivity contribution in [1.82, 2.24) is 5.32 Å². The Morgan fingerprint density at radius 1 is 0.879 bits per heavy atom. The standard InChI is InChI=1S/C26H30N2O4S/c1-19-13-14-23(17-21(19)3)28(33(30,31)24-10-6-5-7-11-24)18-26(29)27-15-16-32-25-12-8-9-20(2)22(25)4/h5-14,17H,15-16,18H2,1-4H3,(H,27,29). The lowest BCUT2D eigenvalue weighted by Gasteiger charge is -2.25. The molecule has 33 heavy (non-hydrogen) atoms. The molecule has 0 saturated carbocycles. The van der Waals surface area contributed by atoms with Crippen molar-refractivity contribution in [3.63, 3.8) is 0 Å². The third-order valence-corrected chi connectivity index (χ3v) is 7.42. The van der Waals surface area contributed by atoms with Gasteiger partial charge in [0.15, 0.2) is 0 Å². The maximum atomic E-state index is 13.4. The Labute approximate surface area is 196 Å². The fourth-order valence-corrected chi connectivity index (χ4v) is 4.77. The molecule has 3 aromatic carbocycles. The van der Waals surface area contributed by atoms with Gasteiger partial charge in [0.05, 0.1) is 17.1 Å². The van der Waals surface area contributed by atoms with Crippen molar-refractivity contribution >= 4 is 21.6 Å². The van der Waals surface area contributed by atoms with Crippen LogP contribution in [-0.2, 0) is 14.8 Å². The van der Waals surface area contributed by atoms with E-state index in [2.05, 4.69) is 5.32 Å². The van der Waals surface area contributed by atoms with Crippen LogP contribution in [0.4, 0.5) is 5.69 Å². The Morgan fingerprint density at radius 2 is 1.61 bits per heavy atom. The van der Waals surface area contributed by atoms with Crippen molar-refractivity contribution in [2.45, 2.75) is 32.6 Å². The lowest BCUT2D eigenvalue weighted by Crippen LogP contribution is -2.42. The molecule has 6 nitrogen and oxygen atoms in total. The second-order valence-electron chi connectivity index (χ2n) is 7.99. The van der Waals surface area contributed by atoms with Crippen molar-refractivity contribution in [1.29, 1.82) is 0 Å². The van der Waals surface area contributed by atoms with Crippen LogP contribution in [0.25, 0.3) is 0 Å². The van der Waals surface area contributed by atoms with Gasteiger partial charge in [-0.2, -0.15) is 0 Å². The molecule has 7 heteroatoms. The predicted molar refractivity (Wildman–Crippen MR) is 131 cm³/mol. The summed E-state index contributed by atoms with van der Waals surface area (Å²) in [7, 11) is -3.92. The Hall–Kier alpha value is -3.32. The molecule has 0 spiro atoms. The summed E-state index contributed by atoms with van der Waals surface area (Å²) in [5, 5.41) is 2.77. The summed E-state index contributed by atoms with van der Waals surface area (Å²) < 4.78 is 33.7. The molecular formula is C26H30N2O4S. The van der Waals surface area contributed by atoms with Crippen LogP contribution in [0.2, 0.25) is 0 Å². The van der Waals surface area contributed by atoms with E-state index in [0.29, 0.717) is 5.69 Å². The maximum Gasteiger partial charge on any atom is 0.264 e. The number of aryl methyl sites for hydroxylation is 3. The summed E-state index contributed by atoms with van der Waals surface area (Å²) in [6.45, 7) is 8.08. The number of rotatable bonds is 9. The minimum Gasteiger partial charge on any atom is -0.491 e. The highest BCUT2D eigenvalue weighted by molar-refractivity contribution is 7.92. The molecule has 1 amide bonds. The SMILES string of the molecule is Cc1ccc(N(CC(=O)NCCOc2cccc(C)c2C)S(=O)(=O)c2ccccc2)cc1C. The molecule has 0 fully saturated rings. The van der Waals surface area contributed by atoms with Crippen molar-refractivity contribution in [3.8, 4) is 5.75 Å². The fraction of sp³-hybridized carbons (Fsp3) is 0.269. The van der Waals surface area contributed by atoms with E-state index in [4.69, 9.17) is 4.74 Å². The Bertz CT molecular complexity index is 1220. The topological polar surface area (TPSA) is 75.7 Å². The summed E-state index contributed by atoms with van der Waals surface area (Å²) in [5.74, 6) is 0.366. The monoisotopic (exact) mass is 466 g/mol. The van der Waals surface area contributed by atoms with E-state index in [1.165, 1.54) is 12.1 Å². The van der Waals surface area contributed by atoms with Crippen molar-refractivity contribution in [3.05, 3.63) is 89.0 Å². The van der Waals surface area contributed by atoms with E-state index in [1.807, 2.05) is 52.0 Å². The Balaban J connectivity index is 1.72. The zero-order chi connectivity index (χ0) is 24.0. The number of anilines is 1. The molecule has 0 saturated heterocycles.